The first-order valence-electron chi connectivity index (χ1n) is 11.5. The summed E-state index contributed by atoms with van der Waals surface area (Å²) >= 11 is 3.06. The lowest BCUT2D eigenvalue weighted by atomic mass is 10.0. The number of carbonyl (C=O) groups excluding carboxylic acids is 2. The maximum Gasteiger partial charge on any atom is 0.410 e. The Morgan fingerprint density at radius 3 is 2.75 bits per heavy atom. The Hall–Kier alpha value is -3.63. The highest BCUT2D eigenvalue weighted by Crippen LogP contribution is 2.45. The van der Waals surface area contributed by atoms with Crippen LogP contribution in [0.2, 0.25) is 0 Å². The zero-order valence-corrected chi connectivity index (χ0v) is 21.5. The van der Waals surface area contributed by atoms with Crippen LogP contribution >= 0.6 is 22.7 Å². The molecule has 2 amide bonds. The van der Waals surface area contributed by atoms with Gasteiger partial charge in [-0.15, -0.1) is 22.7 Å². The molecule has 0 saturated heterocycles. The number of aromatic nitrogens is 1. The number of hydrogen-bond acceptors (Lipinski definition) is 8. The number of ether oxygens (including phenoxy) is 3. The molecule has 36 heavy (non-hydrogen) atoms. The lowest BCUT2D eigenvalue weighted by Crippen LogP contribution is -2.35. The third kappa shape index (κ3) is 5.00. The Kier molecular flexibility index (Phi) is 7.06. The molecule has 0 unspecified atom stereocenters. The molecule has 186 valence electrons. The molecule has 4 aromatic rings. The third-order valence-electron chi connectivity index (χ3n) is 5.75. The van der Waals surface area contributed by atoms with Crippen molar-refractivity contribution in [3.8, 4) is 22.1 Å². The van der Waals surface area contributed by atoms with Crippen molar-refractivity contribution in [3.63, 3.8) is 0 Å². The molecular weight excluding hydrogens is 498 g/mol. The summed E-state index contributed by atoms with van der Waals surface area (Å²) in [6.07, 6.45) is 0.335. The molecule has 0 fully saturated rings. The quantitative estimate of drug-likeness (QED) is 0.341. The normalized spacial score (nSPS) is 12.8. The second-order valence-electron chi connectivity index (χ2n) is 8.08. The molecule has 0 saturated carbocycles. The van der Waals surface area contributed by atoms with Gasteiger partial charge in [-0.05, 0) is 43.2 Å². The van der Waals surface area contributed by atoms with E-state index in [9.17, 15) is 9.59 Å². The van der Waals surface area contributed by atoms with Crippen molar-refractivity contribution < 1.29 is 23.8 Å². The van der Waals surface area contributed by atoms with Gasteiger partial charge in [-0.25, -0.2) is 9.78 Å². The zero-order chi connectivity index (χ0) is 25.1. The molecule has 1 aliphatic rings. The largest absolute Gasteiger partial charge is 0.497 e. The highest BCUT2D eigenvalue weighted by Gasteiger charge is 2.30. The zero-order valence-electron chi connectivity index (χ0n) is 19.9. The van der Waals surface area contributed by atoms with Crippen LogP contribution < -0.4 is 14.8 Å². The first-order valence-corrected chi connectivity index (χ1v) is 13.2. The molecule has 0 aliphatic carbocycles. The molecular formula is C26H25N3O5S2. The van der Waals surface area contributed by atoms with Gasteiger partial charge in [-0.2, -0.15) is 0 Å². The Bertz CT molecular complexity index is 1380. The molecule has 2 aromatic carbocycles. The van der Waals surface area contributed by atoms with E-state index in [1.807, 2.05) is 30.3 Å². The molecule has 5 rings (SSSR count). The van der Waals surface area contributed by atoms with Crippen molar-refractivity contribution in [1.82, 2.24) is 9.88 Å². The lowest BCUT2D eigenvalue weighted by molar-refractivity contribution is -0.118. The standard InChI is InChI=1S/C26H25N3O5S2/c1-3-33-26(31)29-12-11-18-21(14-29)36-25(23(18)24-27-19-9-4-5-10-20(19)35-24)28-22(30)15-34-17-8-6-7-16(13-17)32-2/h4-10,13H,3,11-12,14-15H2,1-2H3,(H,28,30). The number of fused-ring (bicyclic) bond motifs is 2. The van der Waals surface area contributed by atoms with Crippen LogP contribution in [0.4, 0.5) is 9.80 Å². The van der Waals surface area contributed by atoms with Crippen molar-refractivity contribution in [1.29, 1.82) is 0 Å². The van der Waals surface area contributed by atoms with E-state index in [4.69, 9.17) is 19.2 Å². The van der Waals surface area contributed by atoms with E-state index >= 15 is 0 Å². The van der Waals surface area contributed by atoms with Crippen molar-refractivity contribution in [2.75, 3.05) is 32.2 Å². The van der Waals surface area contributed by atoms with Gasteiger partial charge in [0.2, 0.25) is 0 Å². The summed E-state index contributed by atoms with van der Waals surface area (Å²) < 4.78 is 17.2. The van der Waals surface area contributed by atoms with Gasteiger partial charge >= 0.3 is 6.09 Å². The fourth-order valence-electron chi connectivity index (χ4n) is 4.07. The number of amides is 2. The Morgan fingerprint density at radius 2 is 1.94 bits per heavy atom. The lowest BCUT2D eigenvalue weighted by Gasteiger charge is -2.26. The molecule has 3 heterocycles. The second kappa shape index (κ2) is 10.5. The van der Waals surface area contributed by atoms with E-state index < -0.39 is 0 Å². The van der Waals surface area contributed by atoms with Crippen molar-refractivity contribution in [3.05, 3.63) is 59.0 Å². The van der Waals surface area contributed by atoms with E-state index in [-0.39, 0.29) is 18.6 Å². The minimum absolute atomic E-state index is 0.149. The predicted octanol–water partition coefficient (Wildman–Crippen LogP) is 5.57. The number of anilines is 1. The molecule has 10 heteroatoms. The summed E-state index contributed by atoms with van der Waals surface area (Å²) in [5.41, 5.74) is 2.96. The minimum Gasteiger partial charge on any atom is -0.497 e. The summed E-state index contributed by atoms with van der Waals surface area (Å²) in [6.45, 7) is 2.97. The SMILES string of the molecule is CCOC(=O)N1CCc2c(sc(NC(=O)COc3cccc(OC)c3)c2-c2nc3ccccc3s2)C1. The van der Waals surface area contributed by atoms with Crippen LogP contribution in [0.1, 0.15) is 17.4 Å². The fraction of sp³-hybridized carbons (Fsp3) is 0.269. The van der Waals surface area contributed by atoms with Gasteiger partial charge in [0.15, 0.2) is 6.61 Å². The van der Waals surface area contributed by atoms with Gasteiger partial charge in [0.1, 0.15) is 21.5 Å². The number of thiophene rings is 1. The molecule has 1 N–H and O–H groups in total. The number of benzene rings is 2. The Balaban J connectivity index is 1.42. The minimum atomic E-state index is -0.324. The van der Waals surface area contributed by atoms with Crippen LogP contribution in [0.25, 0.3) is 20.8 Å². The van der Waals surface area contributed by atoms with Crippen LogP contribution in [0, 0.1) is 0 Å². The van der Waals surface area contributed by atoms with Gasteiger partial charge in [0, 0.05) is 23.1 Å². The van der Waals surface area contributed by atoms with Gasteiger partial charge in [0.25, 0.3) is 5.91 Å². The molecule has 8 nitrogen and oxygen atoms in total. The maximum absolute atomic E-state index is 12.9. The van der Waals surface area contributed by atoms with Crippen molar-refractivity contribution in [2.24, 2.45) is 0 Å². The van der Waals surface area contributed by atoms with E-state index in [1.54, 1.807) is 48.5 Å². The van der Waals surface area contributed by atoms with Gasteiger partial charge in [-0.3, -0.25) is 4.79 Å². The van der Waals surface area contributed by atoms with Crippen molar-refractivity contribution in [2.45, 2.75) is 19.9 Å². The molecule has 0 atom stereocenters. The van der Waals surface area contributed by atoms with E-state index in [0.29, 0.717) is 42.6 Å². The number of nitrogens with one attached hydrogen (secondary N) is 1. The number of nitrogens with zero attached hydrogens (tertiary/aromatic N) is 2. The van der Waals surface area contributed by atoms with Crippen LogP contribution in [-0.4, -0.2) is 48.8 Å². The van der Waals surface area contributed by atoms with E-state index in [0.717, 1.165) is 31.2 Å². The summed E-state index contributed by atoms with van der Waals surface area (Å²) in [6, 6.07) is 15.1. The van der Waals surface area contributed by atoms with Crippen molar-refractivity contribution >= 4 is 49.9 Å². The number of hydrogen-bond donors (Lipinski definition) is 1. The van der Waals surface area contributed by atoms with Crippen LogP contribution in [0.15, 0.2) is 48.5 Å². The molecule has 0 radical (unpaired) electrons. The Labute approximate surface area is 216 Å². The van der Waals surface area contributed by atoms with E-state index in [2.05, 4.69) is 5.32 Å². The molecule has 0 bridgehead atoms. The average molecular weight is 524 g/mol. The number of rotatable bonds is 7. The van der Waals surface area contributed by atoms with Crippen LogP contribution in [0.3, 0.4) is 0 Å². The third-order valence-corrected chi connectivity index (χ3v) is 7.94. The monoisotopic (exact) mass is 523 g/mol. The van der Waals surface area contributed by atoms with Crippen LogP contribution in [0.5, 0.6) is 11.5 Å². The summed E-state index contributed by atoms with van der Waals surface area (Å²) in [7, 11) is 1.58. The molecule has 0 spiro atoms. The first kappa shape index (κ1) is 24.1. The second-order valence-corrected chi connectivity index (χ2v) is 10.2. The summed E-state index contributed by atoms with van der Waals surface area (Å²) in [5, 5.41) is 4.60. The average Bonchev–Trinajstić information content (AvgIpc) is 3.47. The topological polar surface area (TPSA) is 90.0 Å². The maximum atomic E-state index is 12.9. The first-order chi connectivity index (χ1) is 17.6. The Morgan fingerprint density at radius 1 is 1.11 bits per heavy atom. The fourth-order valence-corrected chi connectivity index (χ4v) is 6.46. The smallest absolute Gasteiger partial charge is 0.410 e. The van der Waals surface area contributed by atoms with Crippen LogP contribution in [-0.2, 0) is 22.5 Å². The number of methoxy groups -OCH3 is 1. The van der Waals surface area contributed by atoms with Gasteiger partial charge in [0.05, 0.1) is 30.5 Å². The number of thiazole rings is 1. The van der Waals surface area contributed by atoms with Gasteiger partial charge in [-0.1, -0.05) is 18.2 Å². The number of carbonyl (C=O) groups is 2. The highest BCUT2D eigenvalue weighted by atomic mass is 32.1. The number of para-hydroxylation sites is 1. The molecule has 1 aliphatic heterocycles. The predicted molar refractivity (Wildman–Crippen MR) is 141 cm³/mol. The summed E-state index contributed by atoms with van der Waals surface area (Å²) in [5.74, 6) is 0.926. The molecule has 2 aromatic heterocycles. The van der Waals surface area contributed by atoms with E-state index in [1.165, 1.54) is 11.3 Å². The van der Waals surface area contributed by atoms with Gasteiger partial charge < -0.3 is 24.4 Å². The summed E-state index contributed by atoms with van der Waals surface area (Å²) in [4.78, 5) is 32.8. The highest BCUT2D eigenvalue weighted by molar-refractivity contribution is 7.22.